The SMILES string of the molecule is CC(C)(C)OC(=O)C[C@@H](CCCC1CCCCC1)C(=O)O.CCCc1noc([C@H](CCCC2CCCCC2)CC(=O)OC(C)(C)C)n1. The van der Waals surface area contributed by atoms with Crippen molar-refractivity contribution in [2.24, 2.45) is 17.8 Å². The Bertz CT molecular complexity index is 1040. The van der Waals surface area contributed by atoms with E-state index in [4.69, 9.17) is 14.0 Å². The van der Waals surface area contributed by atoms with Gasteiger partial charge in [0.05, 0.1) is 18.8 Å². The van der Waals surface area contributed by atoms with Gasteiger partial charge in [-0.3, -0.25) is 14.4 Å². The molecule has 2 aliphatic rings. The van der Waals surface area contributed by atoms with Gasteiger partial charge in [-0.2, -0.15) is 4.98 Å². The molecule has 1 aromatic rings. The second-order valence-corrected chi connectivity index (χ2v) is 16.0. The highest BCUT2D eigenvalue weighted by atomic mass is 16.6. The number of carbonyl (C=O) groups excluding carboxylic acids is 2. The fourth-order valence-corrected chi connectivity index (χ4v) is 6.81. The summed E-state index contributed by atoms with van der Waals surface area (Å²) in [6.45, 7) is 13.2. The van der Waals surface area contributed by atoms with Gasteiger partial charge >= 0.3 is 17.9 Å². The largest absolute Gasteiger partial charge is 0.481 e. The van der Waals surface area contributed by atoms with Gasteiger partial charge < -0.3 is 19.1 Å². The third kappa shape index (κ3) is 18.6. The molecule has 0 amide bonds. The summed E-state index contributed by atoms with van der Waals surface area (Å²) < 4.78 is 16.2. The van der Waals surface area contributed by atoms with Gasteiger partial charge in [0.2, 0.25) is 5.89 Å². The molecule has 2 aliphatic carbocycles. The van der Waals surface area contributed by atoms with Crippen molar-refractivity contribution in [3.05, 3.63) is 11.7 Å². The molecule has 0 radical (unpaired) electrons. The van der Waals surface area contributed by atoms with Crippen molar-refractivity contribution in [1.82, 2.24) is 10.1 Å². The van der Waals surface area contributed by atoms with E-state index < -0.39 is 29.1 Å². The zero-order valence-electron chi connectivity index (χ0n) is 30.7. The van der Waals surface area contributed by atoms with Crippen LogP contribution in [-0.4, -0.2) is 44.4 Å². The summed E-state index contributed by atoms with van der Waals surface area (Å²) in [5.41, 5.74) is -1.02. The number of carbonyl (C=O) groups is 3. The van der Waals surface area contributed by atoms with Crippen LogP contribution in [0.2, 0.25) is 0 Å². The number of aliphatic carboxylic acids is 1. The number of nitrogens with zero attached hydrogens (tertiary/aromatic N) is 2. The molecule has 1 aromatic heterocycles. The van der Waals surface area contributed by atoms with Gasteiger partial charge in [0.1, 0.15) is 11.2 Å². The van der Waals surface area contributed by atoms with Crippen LogP contribution < -0.4 is 0 Å². The van der Waals surface area contributed by atoms with E-state index in [9.17, 15) is 19.5 Å². The quantitative estimate of drug-likeness (QED) is 0.172. The lowest BCUT2D eigenvalue weighted by atomic mass is 9.84. The summed E-state index contributed by atoms with van der Waals surface area (Å²) in [4.78, 5) is 39.9. The van der Waals surface area contributed by atoms with Crippen molar-refractivity contribution < 1.29 is 33.5 Å². The lowest BCUT2D eigenvalue weighted by Gasteiger charge is -2.23. The zero-order valence-corrected chi connectivity index (χ0v) is 30.7. The van der Waals surface area contributed by atoms with Crippen molar-refractivity contribution in [1.29, 1.82) is 0 Å². The van der Waals surface area contributed by atoms with Crippen LogP contribution in [0.25, 0.3) is 0 Å². The molecule has 47 heavy (non-hydrogen) atoms. The van der Waals surface area contributed by atoms with Gasteiger partial charge in [-0.1, -0.05) is 102 Å². The Hall–Kier alpha value is -2.45. The van der Waals surface area contributed by atoms with E-state index in [2.05, 4.69) is 17.1 Å². The lowest BCUT2D eigenvalue weighted by Crippen LogP contribution is -2.27. The standard InChI is InChI=1S/C21H36N2O3.C17H30O4/c1-5-10-18-22-20(26-23-18)17(15-19(24)25-21(2,3)4)14-9-13-16-11-7-6-8-12-16;1-17(2,3)21-15(18)12-14(16(19)20)11-7-10-13-8-5-4-6-9-13/h16-17H,5-15H2,1-4H3;13-14H,4-12H2,1-3H3,(H,19,20)/t17-;14-/m11/s1. The van der Waals surface area contributed by atoms with Crippen molar-refractivity contribution in [3.8, 4) is 0 Å². The van der Waals surface area contributed by atoms with E-state index in [1.54, 1.807) is 20.8 Å². The molecule has 3 rings (SSSR count). The Balaban J connectivity index is 0.000000335. The summed E-state index contributed by atoms with van der Waals surface area (Å²) in [6.07, 6.45) is 21.3. The van der Waals surface area contributed by atoms with E-state index in [0.29, 0.717) is 18.7 Å². The van der Waals surface area contributed by atoms with Crippen LogP contribution in [0, 0.1) is 17.8 Å². The molecule has 0 unspecified atom stereocenters. The molecule has 0 aliphatic heterocycles. The number of hydrogen-bond donors (Lipinski definition) is 1. The van der Waals surface area contributed by atoms with Crippen molar-refractivity contribution in [2.45, 2.75) is 194 Å². The molecule has 0 bridgehead atoms. The van der Waals surface area contributed by atoms with Crippen LogP contribution in [0.3, 0.4) is 0 Å². The van der Waals surface area contributed by atoms with Crippen LogP contribution in [-0.2, 0) is 30.3 Å². The van der Waals surface area contributed by atoms with Crippen molar-refractivity contribution in [2.75, 3.05) is 0 Å². The van der Waals surface area contributed by atoms with Gasteiger partial charge in [-0.05, 0) is 72.6 Å². The predicted molar refractivity (Wildman–Crippen MR) is 184 cm³/mol. The maximum absolute atomic E-state index is 12.3. The first-order valence-corrected chi connectivity index (χ1v) is 18.6. The number of rotatable bonds is 16. The fraction of sp³-hybridized carbons (Fsp3) is 0.868. The topological polar surface area (TPSA) is 129 Å². The Kier molecular flexibility index (Phi) is 18.0. The monoisotopic (exact) mass is 662 g/mol. The van der Waals surface area contributed by atoms with Gasteiger partial charge in [0, 0.05) is 12.3 Å². The van der Waals surface area contributed by atoms with Crippen LogP contribution >= 0.6 is 0 Å². The zero-order chi connectivity index (χ0) is 34.9. The summed E-state index contributed by atoms with van der Waals surface area (Å²) in [6, 6.07) is 0. The number of ether oxygens (including phenoxy) is 2. The number of aryl methyl sites for hydroxylation is 1. The second-order valence-electron chi connectivity index (χ2n) is 16.0. The maximum Gasteiger partial charge on any atom is 0.307 e. The maximum atomic E-state index is 12.3. The summed E-state index contributed by atoms with van der Waals surface area (Å²) in [5, 5.41) is 13.3. The fourth-order valence-electron chi connectivity index (χ4n) is 6.81. The number of esters is 2. The molecular weight excluding hydrogens is 596 g/mol. The molecule has 9 heteroatoms. The number of hydrogen-bond acceptors (Lipinski definition) is 8. The van der Waals surface area contributed by atoms with Gasteiger partial charge in [0.25, 0.3) is 0 Å². The molecule has 1 heterocycles. The van der Waals surface area contributed by atoms with Crippen LogP contribution in [0.4, 0.5) is 0 Å². The van der Waals surface area contributed by atoms with E-state index in [1.807, 2.05) is 20.8 Å². The Labute approximate surface area is 284 Å². The van der Waals surface area contributed by atoms with E-state index in [1.165, 1.54) is 70.6 Å². The van der Waals surface area contributed by atoms with E-state index in [-0.39, 0.29) is 18.3 Å². The number of carboxylic acids is 1. The predicted octanol–water partition coefficient (Wildman–Crippen LogP) is 9.76. The van der Waals surface area contributed by atoms with Crippen molar-refractivity contribution in [3.63, 3.8) is 0 Å². The second kappa shape index (κ2) is 20.8. The average molecular weight is 663 g/mol. The van der Waals surface area contributed by atoms with Crippen LogP contribution in [0.1, 0.15) is 188 Å². The number of carboxylic acid groups (broad SMARTS) is 1. The smallest absolute Gasteiger partial charge is 0.307 e. The highest BCUT2D eigenvalue weighted by Crippen LogP contribution is 2.32. The minimum Gasteiger partial charge on any atom is -0.481 e. The highest BCUT2D eigenvalue weighted by Gasteiger charge is 2.27. The van der Waals surface area contributed by atoms with Gasteiger partial charge in [0.15, 0.2) is 5.82 Å². The first kappa shape index (κ1) is 40.7. The first-order valence-electron chi connectivity index (χ1n) is 18.6. The lowest BCUT2D eigenvalue weighted by molar-refractivity contribution is -0.160. The summed E-state index contributed by atoms with van der Waals surface area (Å²) >= 11 is 0. The molecule has 270 valence electrons. The molecule has 2 fully saturated rings. The minimum absolute atomic E-state index is 0.0166. The summed E-state index contributed by atoms with van der Waals surface area (Å²) in [7, 11) is 0. The van der Waals surface area contributed by atoms with Crippen molar-refractivity contribution >= 4 is 17.9 Å². The van der Waals surface area contributed by atoms with E-state index >= 15 is 0 Å². The Morgan fingerprint density at radius 2 is 1.28 bits per heavy atom. The third-order valence-electron chi connectivity index (χ3n) is 9.10. The van der Waals surface area contributed by atoms with Crippen LogP contribution in [0.15, 0.2) is 4.52 Å². The average Bonchev–Trinajstić information content (AvgIpc) is 3.44. The van der Waals surface area contributed by atoms with Crippen LogP contribution in [0.5, 0.6) is 0 Å². The molecule has 1 N–H and O–H groups in total. The molecule has 0 saturated heterocycles. The first-order chi connectivity index (χ1) is 22.1. The Morgan fingerprint density at radius 1 is 0.787 bits per heavy atom. The van der Waals surface area contributed by atoms with Gasteiger partial charge in [-0.25, -0.2) is 0 Å². The van der Waals surface area contributed by atoms with E-state index in [0.717, 1.165) is 56.2 Å². The molecule has 0 spiro atoms. The molecule has 2 atom stereocenters. The molecule has 9 nitrogen and oxygen atoms in total. The molecular formula is C38H66N2O7. The third-order valence-corrected chi connectivity index (χ3v) is 9.10. The minimum atomic E-state index is -0.885. The summed E-state index contributed by atoms with van der Waals surface area (Å²) in [5.74, 6) is 0.827. The normalized spacial score (nSPS) is 17.7. The Morgan fingerprint density at radius 3 is 1.74 bits per heavy atom. The number of aromatic nitrogens is 2. The molecule has 2 saturated carbocycles. The van der Waals surface area contributed by atoms with Gasteiger partial charge in [-0.15, -0.1) is 0 Å². The highest BCUT2D eigenvalue weighted by molar-refractivity contribution is 5.78. The molecule has 0 aromatic carbocycles.